The number of benzene rings is 1. The number of hydrogen-bond acceptors (Lipinski definition) is 5. The van der Waals surface area contributed by atoms with Gasteiger partial charge >= 0.3 is 0 Å². The van der Waals surface area contributed by atoms with Gasteiger partial charge in [0, 0.05) is 0 Å². The Hall–Kier alpha value is -1.30. The van der Waals surface area contributed by atoms with Gasteiger partial charge in [0.05, 0.1) is 19.8 Å². The Morgan fingerprint density at radius 1 is 1.00 bits per heavy atom. The molecule has 0 aromatic heterocycles. The average Bonchev–Trinajstić information content (AvgIpc) is 2.28. The molecule has 1 rings (SSSR count). The summed E-state index contributed by atoms with van der Waals surface area (Å²) < 4.78 is 0. The molecule has 0 amide bonds. The first-order valence-electron chi connectivity index (χ1n) is 4.52. The molecule has 0 spiro atoms. The van der Waals surface area contributed by atoms with Crippen LogP contribution in [0.3, 0.4) is 0 Å². The highest BCUT2D eigenvalue weighted by Gasteiger charge is 2.09. The summed E-state index contributed by atoms with van der Waals surface area (Å²) in [5.41, 5.74) is 2.16. The van der Waals surface area contributed by atoms with Gasteiger partial charge in [-0.3, -0.25) is 0 Å². The predicted octanol–water partition coefficient (Wildman–Crippen LogP) is 0.430. The van der Waals surface area contributed by atoms with Crippen molar-refractivity contribution in [2.45, 2.75) is 26.4 Å². The third kappa shape index (κ3) is 2.59. The first-order valence-corrected chi connectivity index (χ1v) is 4.52. The molecule has 0 aliphatic heterocycles. The Morgan fingerprint density at radius 3 is 1.87 bits per heavy atom. The van der Waals surface area contributed by atoms with Gasteiger partial charge in [0.25, 0.3) is 0 Å². The Bertz CT molecular complexity index is 326. The van der Waals surface area contributed by atoms with Crippen molar-refractivity contribution in [1.82, 2.24) is 0 Å². The molecule has 1 aromatic carbocycles. The summed E-state index contributed by atoms with van der Waals surface area (Å²) in [4.78, 5) is 10.1. The lowest BCUT2D eigenvalue weighted by molar-refractivity contribution is 0.247. The molecule has 5 nitrogen and oxygen atoms in total. The molecule has 0 aliphatic rings. The van der Waals surface area contributed by atoms with Crippen molar-refractivity contribution in [2.75, 3.05) is 0 Å². The molecule has 0 radical (unpaired) electrons. The van der Waals surface area contributed by atoms with E-state index < -0.39 is 0 Å². The number of hydrogen-bond donors (Lipinski definition) is 3. The SMILES string of the molecule is O=NCc1cc(CO)c(CO)c(CO)c1. The van der Waals surface area contributed by atoms with Gasteiger partial charge in [0.15, 0.2) is 0 Å². The van der Waals surface area contributed by atoms with Crippen LogP contribution in [0, 0.1) is 4.91 Å². The van der Waals surface area contributed by atoms with Crippen LogP contribution in [0.4, 0.5) is 0 Å². The molecule has 0 aliphatic carbocycles. The van der Waals surface area contributed by atoms with Gasteiger partial charge in [-0.25, -0.2) is 0 Å². The second kappa shape index (κ2) is 5.55. The number of rotatable bonds is 5. The molecule has 0 heterocycles. The Kier molecular flexibility index (Phi) is 4.36. The molecule has 82 valence electrons. The fourth-order valence-corrected chi connectivity index (χ4v) is 1.52. The second-order valence-electron chi connectivity index (χ2n) is 3.15. The van der Waals surface area contributed by atoms with Crippen LogP contribution in [0.1, 0.15) is 22.3 Å². The molecular formula is C10H13NO4. The van der Waals surface area contributed by atoms with E-state index in [1.165, 1.54) is 0 Å². The number of nitrogens with zero attached hydrogens (tertiary/aromatic N) is 1. The van der Waals surface area contributed by atoms with Crippen molar-refractivity contribution in [3.05, 3.63) is 39.3 Å². The van der Waals surface area contributed by atoms with Gasteiger partial charge in [-0.2, -0.15) is 4.91 Å². The Balaban J connectivity index is 3.22. The van der Waals surface area contributed by atoms with E-state index in [2.05, 4.69) is 5.18 Å². The zero-order valence-electron chi connectivity index (χ0n) is 8.18. The van der Waals surface area contributed by atoms with Gasteiger partial charge < -0.3 is 15.3 Å². The molecule has 15 heavy (non-hydrogen) atoms. The van der Waals surface area contributed by atoms with Crippen molar-refractivity contribution in [2.24, 2.45) is 5.18 Å². The number of aliphatic hydroxyl groups is 3. The molecule has 3 N–H and O–H groups in total. The summed E-state index contributed by atoms with van der Waals surface area (Å²) in [5.74, 6) is 0. The fourth-order valence-electron chi connectivity index (χ4n) is 1.52. The van der Waals surface area contributed by atoms with E-state index in [9.17, 15) is 4.91 Å². The first-order chi connectivity index (χ1) is 7.26. The molecule has 1 aromatic rings. The minimum atomic E-state index is -0.249. The molecule has 0 fully saturated rings. The lowest BCUT2D eigenvalue weighted by Gasteiger charge is -2.11. The largest absolute Gasteiger partial charge is 0.392 e. The Morgan fingerprint density at radius 2 is 1.53 bits per heavy atom. The summed E-state index contributed by atoms with van der Waals surface area (Å²) >= 11 is 0. The summed E-state index contributed by atoms with van der Waals surface area (Å²) in [6.45, 7) is -0.739. The number of aliphatic hydroxyl groups excluding tert-OH is 3. The van der Waals surface area contributed by atoms with E-state index in [0.717, 1.165) is 0 Å². The quantitative estimate of drug-likeness (QED) is 0.616. The van der Waals surface area contributed by atoms with E-state index in [-0.39, 0.29) is 26.4 Å². The molecule has 5 heteroatoms. The van der Waals surface area contributed by atoms with Gasteiger partial charge in [0.1, 0.15) is 6.54 Å². The molecule has 0 bridgehead atoms. The molecule has 0 unspecified atom stereocenters. The highest BCUT2D eigenvalue weighted by Crippen LogP contribution is 2.19. The van der Waals surface area contributed by atoms with Crippen LogP contribution in [-0.2, 0) is 26.4 Å². The zero-order chi connectivity index (χ0) is 11.3. The van der Waals surface area contributed by atoms with Crippen LogP contribution in [0.5, 0.6) is 0 Å². The lowest BCUT2D eigenvalue weighted by atomic mass is 9.98. The van der Waals surface area contributed by atoms with Crippen LogP contribution in [0.25, 0.3) is 0 Å². The van der Waals surface area contributed by atoms with E-state index >= 15 is 0 Å². The fraction of sp³-hybridized carbons (Fsp3) is 0.400. The van der Waals surface area contributed by atoms with Crippen molar-refractivity contribution in [3.8, 4) is 0 Å². The van der Waals surface area contributed by atoms with Crippen LogP contribution < -0.4 is 0 Å². The highest BCUT2D eigenvalue weighted by molar-refractivity contribution is 5.38. The van der Waals surface area contributed by atoms with Gasteiger partial charge in [-0.05, 0) is 22.3 Å². The van der Waals surface area contributed by atoms with Crippen LogP contribution in [0.2, 0.25) is 0 Å². The third-order valence-electron chi connectivity index (χ3n) is 2.24. The average molecular weight is 211 g/mol. The van der Waals surface area contributed by atoms with Crippen LogP contribution in [0.15, 0.2) is 17.3 Å². The smallest absolute Gasteiger partial charge is 0.106 e. The summed E-state index contributed by atoms with van der Waals surface area (Å²) in [7, 11) is 0. The maximum absolute atomic E-state index is 10.1. The van der Waals surface area contributed by atoms with Crippen molar-refractivity contribution >= 4 is 0 Å². The van der Waals surface area contributed by atoms with Crippen molar-refractivity contribution < 1.29 is 15.3 Å². The minimum Gasteiger partial charge on any atom is -0.392 e. The van der Waals surface area contributed by atoms with Crippen LogP contribution in [-0.4, -0.2) is 15.3 Å². The molecular weight excluding hydrogens is 198 g/mol. The third-order valence-corrected chi connectivity index (χ3v) is 2.24. The van der Waals surface area contributed by atoms with E-state index in [1.807, 2.05) is 0 Å². The van der Waals surface area contributed by atoms with Gasteiger partial charge in [-0.15, -0.1) is 0 Å². The highest BCUT2D eigenvalue weighted by atomic mass is 16.3. The topological polar surface area (TPSA) is 90.1 Å². The van der Waals surface area contributed by atoms with Crippen molar-refractivity contribution in [3.63, 3.8) is 0 Å². The molecule has 0 saturated heterocycles. The van der Waals surface area contributed by atoms with Crippen LogP contribution >= 0.6 is 0 Å². The molecule has 0 saturated carbocycles. The molecule has 0 atom stereocenters. The van der Waals surface area contributed by atoms with Crippen molar-refractivity contribution in [1.29, 1.82) is 0 Å². The standard InChI is InChI=1S/C10H13NO4/c12-4-8-1-7(3-11-15)2-9(5-13)10(8)6-14/h1-2,12-14H,3-6H2. The zero-order valence-corrected chi connectivity index (χ0v) is 8.18. The summed E-state index contributed by atoms with van der Waals surface area (Å²) in [5, 5.41) is 29.9. The van der Waals surface area contributed by atoms with E-state index in [4.69, 9.17) is 15.3 Å². The van der Waals surface area contributed by atoms with E-state index in [1.54, 1.807) is 12.1 Å². The maximum Gasteiger partial charge on any atom is 0.106 e. The maximum atomic E-state index is 10.1. The van der Waals surface area contributed by atoms with Gasteiger partial charge in [0.2, 0.25) is 0 Å². The number of nitroso groups, excluding NO2 is 1. The Labute approximate surface area is 87.0 Å². The first kappa shape index (κ1) is 11.8. The second-order valence-corrected chi connectivity index (χ2v) is 3.15. The monoisotopic (exact) mass is 211 g/mol. The summed E-state index contributed by atoms with van der Waals surface area (Å²) in [6, 6.07) is 3.21. The summed E-state index contributed by atoms with van der Waals surface area (Å²) in [6.07, 6.45) is 0. The predicted molar refractivity (Wildman–Crippen MR) is 53.7 cm³/mol. The normalized spacial score (nSPS) is 10.3. The minimum absolute atomic E-state index is 0.00823. The lowest BCUT2D eigenvalue weighted by Crippen LogP contribution is -2.02. The van der Waals surface area contributed by atoms with Gasteiger partial charge in [-0.1, -0.05) is 17.3 Å². The van der Waals surface area contributed by atoms with E-state index in [0.29, 0.717) is 22.3 Å².